The van der Waals surface area contributed by atoms with Gasteiger partial charge in [0.05, 0.1) is 5.56 Å². The Balaban J connectivity index is 1.82. The first kappa shape index (κ1) is 15.9. The van der Waals surface area contributed by atoms with Gasteiger partial charge < -0.3 is 10.2 Å². The second-order valence-electron chi connectivity index (χ2n) is 6.92. The molecule has 0 fully saturated rings. The molecule has 1 atom stereocenters. The van der Waals surface area contributed by atoms with Crippen LogP contribution in [0.2, 0.25) is 0 Å². The van der Waals surface area contributed by atoms with E-state index in [1.165, 1.54) is 21.5 Å². The SMILES string of the molecule is CCN1C(=O)c2ccccc2NC1c1c2ccccc2cc2ccccc12. The van der Waals surface area contributed by atoms with Crippen LogP contribution in [-0.2, 0) is 0 Å². The summed E-state index contributed by atoms with van der Waals surface area (Å²) >= 11 is 0. The minimum absolute atomic E-state index is 0.0777. The molecular formula is C24H20N2O. The van der Waals surface area contributed by atoms with Crippen molar-refractivity contribution < 1.29 is 4.79 Å². The van der Waals surface area contributed by atoms with Gasteiger partial charge >= 0.3 is 0 Å². The smallest absolute Gasteiger partial charge is 0.257 e. The van der Waals surface area contributed by atoms with Crippen molar-refractivity contribution in [2.24, 2.45) is 0 Å². The van der Waals surface area contributed by atoms with E-state index in [0.29, 0.717) is 6.54 Å². The predicted octanol–water partition coefficient (Wildman–Crippen LogP) is 5.58. The van der Waals surface area contributed by atoms with Gasteiger partial charge in [0, 0.05) is 17.8 Å². The second-order valence-corrected chi connectivity index (χ2v) is 6.92. The molecule has 0 spiro atoms. The van der Waals surface area contributed by atoms with Gasteiger partial charge in [-0.2, -0.15) is 0 Å². The molecule has 27 heavy (non-hydrogen) atoms. The Bertz CT molecular complexity index is 1130. The van der Waals surface area contributed by atoms with Crippen LogP contribution in [0.1, 0.15) is 29.0 Å². The maximum Gasteiger partial charge on any atom is 0.257 e. The first-order valence-electron chi connectivity index (χ1n) is 9.35. The number of benzene rings is 4. The van der Waals surface area contributed by atoms with Crippen molar-refractivity contribution in [3.05, 3.63) is 90.0 Å². The van der Waals surface area contributed by atoms with Gasteiger partial charge in [-0.1, -0.05) is 60.7 Å². The molecule has 4 aromatic carbocycles. The first-order valence-corrected chi connectivity index (χ1v) is 9.35. The van der Waals surface area contributed by atoms with E-state index in [0.717, 1.165) is 16.8 Å². The number of amides is 1. The second kappa shape index (κ2) is 6.13. The Kier molecular flexibility index (Phi) is 3.61. The van der Waals surface area contributed by atoms with E-state index < -0.39 is 0 Å². The number of fused-ring (bicyclic) bond motifs is 3. The lowest BCUT2D eigenvalue weighted by molar-refractivity contribution is 0.0697. The lowest BCUT2D eigenvalue weighted by Crippen LogP contribution is -2.42. The maximum absolute atomic E-state index is 13.2. The van der Waals surface area contributed by atoms with Gasteiger partial charge in [-0.15, -0.1) is 0 Å². The number of nitrogens with zero attached hydrogens (tertiary/aromatic N) is 1. The number of hydrogen-bond acceptors (Lipinski definition) is 2. The highest BCUT2D eigenvalue weighted by atomic mass is 16.2. The van der Waals surface area contributed by atoms with Crippen molar-refractivity contribution in [3.63, 3.8) is 0 Å². The Hall–Kier alpha value is -3.33. The zero-order valence-corrected chi connectivity index (χ0v) is 15.1. The topological polar surface area (TPSA) is 32.3 Å². The van der Waals surface area contributed by atoms with Gasteiger partial charge in [-0.25, -0.2) is 0 Å². The lowest BCUT2D eigenvalue weighted by atomic mass is 9.93. The highest BCUT2D eigenvalue weighted by Crippen LogP contribution is 2.39. The molecule has 0 aliphatic carbocycles. The van der Waals surface area contributed by atoms with Gasteiger partial charge in [-0.05, 0) is 46.7 Å². The summed E-state index contributed by atoms with van der Waals surface area (Å²) in [6, 6.07) is 26.8. The van der Waals surface area contributed by atoms with Gasteiger partial charge in [0.25, 0.3) is 5.91 Å². The third-order valence-corrected chi connectivity index (χ3v) is 5.45. The molecule has 0 saturated heterocycles. The van der Waals surface area contributed by atoms with Gasteiger partial charge in [-0.3, -0.25) is 4.79 Å². The standard InChI is InChI=1S/C24H20N2O/c1-2-26-23(25-21-14-8-7-13-20(21)24(26)27)22-18-11-5-3-9-16(18)15-17-10-4-6-12-19(17)22/h3-15,23,25H,2H2,1H3. The average Bonchev–Trinajstić information content (AvgIpc) is 2.72. The number of para-hydroxylation sites is 1. The van der Waals surface area contributed by atoms with Crippen molar-refractivity contribution >= 4 is 33.1 Å². The summed E-state index contributed by atoms with van der Waals surface area (Å²) in [5.41, 5.74) is 2.79. The normalized spacial score (nSPS) is 16.4. The van der Waals surface area contributed by atoms with Gasteiger partial charge in [0.2, 0.25) is 0 Å². The Morgan fingerprint density at radius 2 is 1.44 bits per heavy atom. The molecule has 4 aromatic rings. The minimum atomic E-state index is -0.201. The molecule has 0 radical (unpaired) electrons. The summed E-state index contributed by atoms with van der Waals surface area (Å²) in [6.45, 7) is 2.68. The molecule has 1 amide bonds. The van der Waals surface area contributed by atoms with Crippen LogP contribution in [0.4, 0.5) is 5.69 Å². The summed E-state index contributed by atoms with van der Waals surface area (Å²) in [6.07, 6.45) is -0.201. The zero-order chi connectivity index (χ0) is 18.4. The molecule has 0 aromatic heterocycles. The largest absolute Gasteiger partial charge is 0.361 e. The molecule has 132 valence electrons. The number of nitrogens with one attached hydrogen (secondary N) is 1. The van der Waals surface area contributed by atoms with Crippen LogP contribution in [0.25, 0.3) is 21.5 Å². The first-order chi connectivity index (χ1) is 13.3. The molecular weight excluding hydrogens is 332 g/mol. The number of carbonyl (C=O) groups is 1. The summed E-state index contributed by atoms with van der Waals surface area (Å²) in [5, 5.41) is 8.37. The monoisotopic (exact) mass is 352 g/mol. The van der Waals surface area contributed by atoms with Crippen LogP contribution in [0, 0.1) is 0 Å². The fraction of sp³-hybridized carbons (Fsp3) is 0.125. The molecule has 3 heteroatoms. The van der Waals surface area contributed by atoms with Crippen molar-refractivity contribution in [1.29, 1.82) is 0 Å². The van der Waals surface area contributed by atoms with Crippen molar-refractivity contribution in [3.8, 4) is 0 Å². The minimum Gasteiger partial charge on any atom is -0.361 e. The Morgan fingerprint density at radius 3 is 2.11 bits per heavy atom. The summed E-state index contributed by atoms with van der Waals surface area (Å²) in [7, 11) is 0. The molecule has 5 rings (SSSR count). The molecule has 0 bridgehead atoms. The van der Waals surface area contributed by atoms with Crippen LogP contribution in [0.5, 0.6) is 0 Å². The van der Waals surface area contributed by atoms with E-state index in [1.807, 2.05) is 36.1 Å². The van der Waals surface area contributed by atoms with Crippen molar-refractivity contribution in [2.45, 2.75) is 13.1 Å². The number of rotatable bonds is 2. The number of anilines is 1. The Labute approximate surface area is 158 Å². The predicted molar refractivity (Wildman–Crippen MR) is 111 cm³/mol. The van der Waals surface area contributed by atoms with Crippen LogP contribution >= 0.6 is 0 Å². The highest BCUT2D eigenvalue weighted by molar-refractivity contribution is 6.06. The summed E-state index contributed by atoms with van der Waals surface area (Å²) < 4.78 is 0. The van der Waals surface area contributed by atoms with Crippen LogP contribution in [-0.4, -0.2) is 17.4 Å². The van der Waals surface area contributed by atoms with Crippen molar-refractivity contribution in [1.82, 2.24) is 4.90 Å². The molecule has 3 nitrogen and oxygen atoms in total. The fourth-order valence-electron chi connectivity index (χ4n) is 4.19. The zero-order valence-electron chi connectivity index (χ0n) is 15.1. The third kappa shape index (κ3) is 2.39. The number of hydrogen-bond donors (Lipinski definition) is 1. The van der Waals surface area contributed by atoms with E-state index in [9.17, 15) is 4.79 Å². The lowest BCUT2D eigenvalue weighted by Gasteiger charge is -2.38. The fourth-order valence-corrected chi connectivity index (χ4v) is 4.19. The summed E-state index contributed by atoms with van der Waals surface area (Å²) in [5.74, 6) is 0.0777. The molecule has 1 aliphatic heterocycles. The van der Waals surface area contributed by atoms with Crippen molar-refractivity contribution in [2.75, 3.05) is 11.9 Å². The quantitative estimate of drug-likeness (QED) is 0.478. The maximum atomic E-state index is 13.2. The van der Waals surface area contributed by atoms with Crippen LogP contribution in [0.3, 0.4) is 0 Å². The summed E-state index contributed by atoms with van der Waals surface area (Å²) in [4.78, 5) is 15.1. The van der Waals surface area contributed by atoms with Gasteiger partial charge in [0.1, 0.15) is 6.17 Å². The average molecular weight is 352 g/mol. The van der Waals surface area contributed by atoms with E-state index in [1.54, 1.807) is 0 Å². The molecule has 1 heterocycles. The third-order valence-electron chi connectivity index (χ3n) is 5.45. The van der Waals surface area contributed by atoms with Crippen LogP contribution in [0.15, 0.2) is 78.9 Å². The van der Waals surface area contributed by atoms with E-state index in [-0.39, 0.29) is 12.1 Å². The highest BCUT2D eigenvalue weighted by Gasteiger charge is 2.33. The van der Waals surface area contributed by atoms with Crippen LogP contribution < -0.4 is 5.32 Å². The van der Waals surface area contributed by atoms with E-state index in [2.05, 4.69) is 59.9 Å². The number of carbonyl (C=O) groups excluding carboxylic acids is 1. The van der Waals surface area contributed by atoms with E-state index >= 15 is 0 Å². The molecule has 1 N–H and O–H groups in total. The molecule has 1 aliphatic rings. The van der Waals surface area contributed by atoms with Gasteiger partial charge in [0.15, 0.2) is 0 Å². The molecule has 0 saturated carbocycles. The molecule has 1 unspecified atom stereocenters. The Morgan fingerprint density at radius 1 is 0.852 bits per heavy atom. The van der Waals surface area contributed by atoms with E-state index in [4.69, 9.17) is 0 Å².